The number of carbonyl (C=O) groups is 1. The first-order chi connectivity index (χ1) is 19.6. The number of ether oxygens (including phenoxy) is 2. The molecule has 4 rings (SSSR count). The number of aliphatic hydroxyl groups excluding tert-OH is 1. The number of nitrogens with zero attached hydrogens (tertiary/aromatic N) is 4. The van der Waals surface area contributed by atoms with Gasteiger partial charge in [-0.2, -0.15) is 0 Å². The van der Waals surface area contributed by atoms with Crippen LogP contribution >= 0.6 is 0 Å². The summed E-state index contributed by atoms with van der Waals surface area (Å²) in [6.45, 7) is 3.21. The molecule has 0 radical (unpaired) electrons. The van der Waals surface area contributed by atoms with Gasteiger partial charge in [0.15, 0.2) is 11.6 Å². The van der Waals surface area contributed by atoms with Crippen molar-refractivity contribution in [2.24, 2.45) is 10.1 Å². The normalized spacial score (nSPS) is 17.9. The second kappa shape index (κ2) is 14.2. The van der Waals surface area contributed by atoms with E-state index in [-0.39, 0.29) is 19.1 Å². The molecular formula is C31H35N5O4. The highest BCUT2D eigenvalue weighted by Crippen LogP contribution is 2.43. The van der Waals surface area contributed by atoms with Crippen LogP contribution in [0.25, 0.3) is 10.4 Å². The number of hydrogen-bond donors (Lipinski definition) is 2. The number of nitrogens with one attached hydrogen (secondary N) is 1. The maximum Gasteiger partial charge on any atom is 0.252 e. The molecule has 0 fully saturated rings. The van der Waals surface area contributed by atoms with E-state index in [1.807, 2.05) is 78.9 Å². The summed E-state index contributed by atoms with van der Waals surface area (Å²) < 4.78 is 12.3. The van der Waals surface area contributed by atoms with Gasteiger partial charge in [0.25, 0.3) is 5.91 Å². The fourth-order valence-corrected chi connectivity index (χ4v) is 4.74. The second-order valence-electron chi connectivity index (χ2n) is 9.65. The summed E-state index contributed by atoms with van der Waals surface area (Å²) in [5.74, 6) is 0.805. The van der Waals surface area contributed by atoms with Crippen molar-refractivity contribution in [2.75, 3.05) is 19.8 Å². The van der Waals surface area contributed by atoms with Crippen molar-refractivity contribution in [1.82, 2.24) is 5.32 Å². The number of azide groups is 1. The van der Waals surface area contributed by atoms with Crippen LogP contribution in [0.1, 0.15) is 54.5 Å². The van der Waals surface area contributed by atoms with Gasteiger partial charge < -0.3 is 19.9 Å². The summed E-state index contributed by atoms with van der Waals surface area (Å²) in [5, 5.41) is 15.9. The lowest BCUT2D eigenvalue weighted by atomic mass is 9.80. The van der Waals surface area contributed by atoms with E-state index >= 15 is 0 Å². The quantitative estimate of drug-likeness (QED) is 0.118. The fourth-order valence-electron chi connectivity index (χ4n) is 4.74. The molecule has 3 aromatic rings. The molecule has 0 spiro atoms. The molecule has 2 atom stereocenters. The first-order valence-corrected chi connectivity index (χ1v) is 13.6. The molecule has 0 aromatic heterocycles. The van der Waals surface area contributed by atoms with Crippen LogP contribution in [0.4, 0.5) is 0 Å². The first-order valence-electron chi connectivity index (χ1n) is 13.6. The van der Waals surface area contributed by atoms with E-state index in [1.165, 1.54) is 0 Å². The molecule has 40 heavy (non-hydrogen) atoms. The number of aliphatic hydroxyl groups is 1. The van der Waals surface area contributed by atoms with E-state index in [0.717, 1.165) is 29.5 Å². The molecule has 1 amide bonds. The Morgan fingerprint density at radius 3 is 2.58 bits per heavy atom. The Morgan fingerprint density at radius 2 is 1.85 bits per heavy atom. The van der Waals surface area contributed by atoms with Gasteiger partial charge in [0.1, 0.15) is 5.75 Å². The minimum Gasteiger partial charge on any atom is -0.494 e. The lowest BCUT2D eigenvalue weighted by Gasteiger charge is -2.31. The number of rotatable bonds is 14. The van der Waals surface area contributed by atoms with Crippen LogP contribution < -0.4 is 10.1 Å². The van der Waals surface area contributed by atoms with E-state index in [4.69, 9.17) is 25.1 Å². The van der Waals surface area contributed by atoms with Crippen molar-refractivity contribution in [3.05, 3.63) is 112 Å². The largest absolute Gasteiger partial charge is 0.494 e. The second-order valence-corrected chi connectivity index (χ2v) is 9.65. The minimum atomic E-state index is -1.30. The van der Waals surface area contributed by atoms with Gasteiger partial charge in [0, 0.05) is 36.5 Å². The summed E-state index contributed by atoms with van der Waals surface area (Å²) in [5.41, 5.74) is 10.9. The lowest BCUT2D eigenvalue weighted by molar-refractivity contribution is -0.128. The number of carbonyl (C=O) groups excluding carboxylic acids is 1. The Bertz CT molecular complexity index is 1340. The highest BCUT2D eigenvalue weighted by molar-refractivity contribution is 6.01. The van der Waals surface area contributed by atoms with Crippen molar-refractivity contribution in [3.63, 3.8) is 0 Å². The molecule has 0 saturated heterocycles. The van der Waals surface area contributed by atoms with Crippen LogP contribution in [0.15, 0.2) is 89.0 Å². The van der Waals surface area contributed by atoms with Gasteiger partial charge in [-0.3, -0.25) is 4.79 Å². The Labute approximate surface area is 234 Å². The Hall–Kier alpha value is -4.33. The Kier molecular flexibility index (Phi) is 10.2. The summed E-state index contributed by atoms with van der Waals surface area (Å²) in [4.78, 5) is 22.1. The van der Waals surface area contributed by atoms with Crippen molar-refractivity contribution >= 4 is 11.8 Å². The van der Waals surface area contributed by atoms with E-state index in [1.54, 1.807) is 0 Å². The average molecular weight is 542 g/mol. The molecule has 3 aromatic carbocycles. The third-order valence-electron chi connectivity index (χ3n) is 6.80. The topological polar surface area (TPSA) is 129 Å². The van der Waals surface area contributed by atoms with Crippen molar-refractivity contribution < 1.29 is 19.4 Å². The monoisotopic (exact) mass is 541 g/mol. The first kappa shape index (κ1) is 28.7. The summed E-state index contributed by atoms with van der Waals surface area (Å²) >= 11 is 0. The number of unbranched alkanes of at least 4 members (excludes halogenated alkanes) is 1. The maximum atomic E-state index is 14.1. The Balaban J connectivity index is 1.80. The molecule has 9 nitrogen and oxygen atoms in total. The Morgan fingerprint density at radius 1 is 1.10 bits per heavy atom. The summed E-state index contributed by atoms with van der Waals surface area (Å²) in [6.07, 6.45) is 1.90. The molecule has 0 unspecified atom stereocenters. The molecular weight excluding hydrogens is 506 g/mol. The van der Waals surface area contributed by atoms with Crippen LogP contribution in [-0.4, -0.2) is 42.2 Å². The predicted octanol–water partition coefficient (Wildman–Crippen LogP) is 5.67. The van der Waals surface area contributed by atoms with Gasteiger partial charge in [-0.25, -0.2) is 4.99 Å². The zero-order chi connectivity index (χ0) is 28.2. The fraction of sp³-hybridized carbons (Fsp3) is 0.355. The summed E-state index contributed by atoms with van der Waals surface area (Å²) in [6, 6.07) is 24.7. The smallest absolute Gasteiger partial charge is 0.252 e. The van der Waals surface area contributed by atoms with E-state index in [0.29, 0.717) is 43.2 Å². The molecule has 0 saturated carbocycles. The number of benzene rings is 3. The van der Waals surface area contributed by atoms with Crippen LogP contribution in [-0.2, 0) is 22.5 Å². The van der Waals surface area contributed by atoms with Gasteiger partial charge in [0.05, 0.1) is 13.2 Å². The zero-order valence-electron chi connectivity index (χ0n) is 22.7. The molecule has 2 N–H and O–H groups in total. The highest BCUT2D eigenvalue weighted by Gasteiger charge is 2.53. The van der Waals surface area contributed by atoms with Gasteiger partial charge in [-0.15, -0.1) is 0 Å². The van der Waals surface area contributed by atoms with Crippen molar-refractivity contribution in [3.8, 4) is 5.75 Å². The van der Waals surface area contributed by atoms with E-state index in [9.17, 15) is 4.79 Å². The van der Waals surface area contributed by atoms with Crippen LogP contribution in [0.2, 0.25) is 0 Å². The molecule has 1 aliphatic heterocycles. The highest BCUT2D eigenvalue weighted by atomic mass is 16.5. The molecule has 1 heterocycles. The van der Waals surface area contributed by atoms with Crippen molar-refractivity contribution in [1.29, 1.82) is 0 Å². The minimum absolute atomic E-state index is 0.0646. The molecule has 0 bridgehead atoms. The predicted molar refractivity (Wildman–Crippen MR) is 154 cm³/mol. The van der Waals surface area contributed by atoms with E-state index < -0.39 is 11.6 Å². The SMILES string of the molecule is CCCCNC(=O)[C@]1(Cc2ccccc2)N=C(c2ccc(OCCCO)cc2)O[C@@H]1c1ccccc1CN=[N+]=[N-]. The molecule has 1 aliphatic rings. The van der Waals surface area contributed by atoms with Gasteiger partial charge in [0.2, 0.25) is 5.90 Å². The third kappa shape index (κ3) is 6.81. The standard InChI is InChI=1S/C31H35N5O4/c1-2-3-18-33-30(38)31(21-23-10-5-4-6-11-23)28(27-13-8-7-12-25(27)22-34-36-32)40-29(35-31)24-14-16-26(17-15-24)39-20-9-19-37/h4-8,10-17,28,37H,2-3,9,18-22H2,1H3,(H,33,38)/t28-,31-/m1/s1. The zero-order valence-corrected chi connectivity index (χ0v) is 22.7. The maximum absolute atomic E-state index is 14.1. The number of amides is 1. The van der Waals surface area contributed by atoms with Gasteiger partial charge in [-0.05, 0) is 52.9 Å². The number of aliphatic imine (C=N–C) groups is 1. The van der Waals surface area contributed by atoms with Gasteiger partial charge >= 0.3 is 0 Å². The van der Waals surface area contributed by atoms with Gasteiger partial charge in [-0.1, -0.05) is 73.1 Å². The van der Waals surface area contributed by atoms with Crippen LogP contribution in [0.5, 0.6) is 5.75 Å². The summed E-state index contributed by atoms with van der Waals surface area (Å²) in [7, 11) is 0. The number of hydrogen-bond acceptors (Lipinski definition) is 6. The van der Waals surface area contributed by atoms with Crippen LogP contribution in [0.3, 0.4) is 0 Å². The molecule has 208 valence electrons. The van der Waals surface area contributed by atoms with E-state index in [2.05, 4.69) is 22.3 Å². The van der Waals surface area contributed by atoms with Crippen molar-refractivity contribution in [2.45, 2.75) is 50.8 Å². The van der Waals surface area contributed by atoms with Crippen LogP contribution in [0, 0.1) is 0 Å². The molecule has 9 heteroatoms. The lowest BCUT2D eigenvalue weighted by Crippen LogP contribution is -2.50. The average Bonchev–Trinajstić information content (AvgIpc) is 3.37. The third-order valence-corrected chi connectivity index (χ3v) is 6.80. The molecule has 0 aliphatic carbocycles.